The van der Waals surface area contributed by atoms with Crippen LogP contribution in [0.1, 0.15) is 45.1 Å². The third kappa shape index (κ3) is 3.38. The highest BCUT2D eigenvalue weighted by atomic mass is 32.1. The molecular formula is C16H14N4O3S. The van der Waals surface area contributed by atoms with Gasteiger partial charge in [-0.2, -0.15) is 4.98 Å². The van der Waals surface area contributed by atoms with Crippen LogP contribution < -0.4 is 5.32 Å². The third-order valence-electron chi connectivity index (χ3n) is 3.26. The number of thiophene rings is 1. The van der Waals surface area contributed by atoms with Crippen molar-refractivity contribution in [1.29, 1.82) is 0 Å². The third-order valence-corrected chi connectivity index (χ3v) is 4.44. The van der Waals surface area contributed by atoms with Crippen LogP contribution >= 0.6 is 11.3 Å². The van der Waals surface area contributed by atoms with Crippen molar-refractivity contribution < 1.29 is 14.1 Å². The van der Waals surface area contributed by atoms with Crippen LogP contribution in [0.25, 0.3) is 11.4 Å². The molecule has 0 radical (unpaired) electrons. The Hall–Kier alpha value is -2.87. The molecule has 3 aromatic rings. The van der Waals surface area contributed by atoms with Crippen molar-refractivity contribution in [1.82, 2.24) is 20.4 Å². The largest absolute Gasteiger partial charge is 0.340 e. The van der Waals surface area contributed by atoms with Gasteiger partial charge in [0, 0.05) is 18.0 Å². The maximum absolute atomic E-state index is 12.2. The molecule has 1 N–H and O–H groups in total. The van der Waals surface area contributed by atoms with E-state index in [1.807, 2.05) is 6.07 Å². The lowest BCUT2D eigenvalue weighted by molar-refractivity contribution is 0.0936. The first-order valence-electron chi connectivity index (χ1n) is 7.20. The molecule has 3 aromatic heterocycles. The number of ketones is 1. The van der Waals surface area contributed by atoms with E-state index < -0.39 is 6.04 Å². The quantitative estimate of drug-likeness (QED) is 0.716. The summed E-state index contributed by atoms with van der Waals surface area (Å²) in [6, 6.07) is 6.40. The van der Waals surface area contributed by atoms with Gasteiger partial charge in [0.1, 0.15) is 6.04 Å². The molecule has 8 heteroatoms. The van der Waals surface area contributed by atoms with E-state index in [1.54, 1.807) is 37.5 Å². The van der Waals surface area contributed by atoms with Gasteiger partial charge >= 0.3 is 0 Å². The summed E-state index contributed by atoms with van der Waals surface area (Å²) in [5, 5.41) is 6.67. The van der Waals surface area contributed by atoms with Crippen LogP contribution in [0.3, 0.4) is 0 Å². The van der Waals surface area contributed by atoms with Crippen LogP contribution in [0.4, 0.5) is 0 Å². The molecule has 122 valence electrons. The highest BCUT2D eigenvalue weighted by Crippen LogP contribution is 2.20. The molecule has 24 heavy (non-hydrogen) atoms. The van der Waals surface area contributed by atoms with Gasteiger partial charge in [0.25, 0.3) is 5.91 Å². The summed E-state index contributed by atoms with van der Waals surface area (Å²) < 4.78 is 5.21. The van der Waals surface area contributed by atoms with Gasteiger partial charge in [-0.1, -0.05) is 5.16 Å². The molecule has 0 spiro atoms. The van der Waals surface area contributed by atoms with Gasteiger partial charge in [-0.25, -0.2) is 0 Å². The number of nitrogens with one attached hydrogen (secondary N) is 1. The fourth-order valence-electron chi connectivity index (χ4n) is 2.00. The molecule has 7 nitrogen and oxygen atoms in total. The van der Waals surface area contributed by atoms with Crippen LogP contribution in [0.15, 0.2) is 41.2 Å². The summed E-state index contributed by atoms with van der Waals surface area (Å²) >= 11 is 1.15. The summed E-state index contributed by atoms with van der Waals surface area (Å²) in [6.07, 6.45) is 3.29. The van der Waals surface area contributed by atoms with E-state index in [1.165, 1.54) is 6.92 Å². The fraction of sp³-hybridized carbons (Fsp3) is 0.188. The van der Waals surface area contributed by atoms with E-state index in [0.29, 0.717) is 21.5 Å². The zero-order chi connectivity index (χ0) is 17.1. The Kier molecular flexibility index (Phi) is 4.48. The van der Waals surface area contributed by atoms with Gasteiger partial charge in [-0.05, 0) is 38.1 Å². The molecule has 0 aromatic carbocycles. The SMILES string of the molecule is CC(=O)c1ccc(C(=O)NC(C)c2nc(-c3cccnc3)no2)s1. The van der Waals surface area contributed by atoms with E-state index in [4.69, 9.17) is 4.52 Å². The van der Waals surface area contributed by atoms with E-state index in [0.717, 1.165) is 16.9 Å². The Balaban J connectivity index is 1.70. The average molecular weight is 342 g/mol. The number of aromatic nitrogens is 3. The minimum absolute atomic E-state index is 0.0647. The molecule has 0 saturated carbocycles. The van der Waals surface area contributed by atoms with Crippen molar-refractivity contribution in [3.05, 3.63) is 52.3 Å². The number of rotatable bonds is 5. The Bertz CT molecular complexity index is 872. The number of pyridine rings is 1. The minimum Gasteiger partial charge on any atom is -0.340 e. The fourth-order valence-corrected chi connectivity index (χ4v) is 2.81. The lowest BCUT2D eigenvalue weighted by Crippen LogP contribution is -2.26. The van der Waals surface area contributed by atoms with Crippen LogP contribution in [0.2, 0.25) is 0 Å². The smallest absolute Gasteiger partial charge is 0.262 e. The molecule has 0 aliphatic heterocycles. The predicted molar refractivity (Wildman–Crippen MR) is 87.7 cm³/mol. The molecule has 3 heterocycles. The highest BCUT2D eigenvalue weighted by molar-refractivity contribution is 7.15. The van der Waals surface area contributed by atoms with Gasteiger partial charge in [-0.15, -0.1) is 11.3 Å². The Morgan fingerprint density at radius 2 is 2.04 bits per heavy atom. The van der Waals surface area contributed by atoms with Crippen LogP contribution in [0, 0.1) is 0 Å². The van der Waals surface area contributed by atoms with Crippen molar-refractivity contribution in [2.45, 2.75) is 19.9 Å². The second-order valence-electron chi connectivity index (χ2n) is 5.11. The Morgan fingerprint density at radius 1 is 1.25 bits per heavy atom. The van der Waals surface area contributed by atoms with E-state index in [2.05, 4.69) is 20.4 Å². The highest BCUT2D eigenvalue weighted by Gasteiger charge is 2.19. The Morgan fingerprint density at radius 3 is 2.71 bits per heavy atom. The number of nitrogens with zero attached hydrogens (tertiary/aromatic N) is 3. The van der Waals surface area contributed by atoms with Crippen LogP contribution in [-0.2, 0) is 0 Å². The molecule has 1 atom stereocenters. The lowest BCUT2D eigenvalue weighted by Gasteiger charge is -2.08. The van der Waals surface area contributed by atoms with Crippen molar-refractivity contribution in [3.63, 3.8) is 0 Å². The Labute approximate surface area is 141 Å². The van der Waals surface area contributed by atoms with E-state index >= 15 is 0 Å². The van der Waals surface area contributed by atoms with Crippen molar-refractivity contribution in [3.8, 4) is 11.4 Å². The van der Waals surface area contributed by atoms with Gasteiger partial charge in [-0.3, -0.25) is 14.6 Å². The summed E-state index contributed by atoms with van der Waals surface area (Å²) in [6.45, 7) is 3.21. The summed E-state index contributed by atoms with van der Waals surface area (Å²) in [4.78, 5) is 32.8. The summed E-state index contributed by atoms with van der Waals surface area (Å²) in [5.74, 6) is 0.353. The topological polar surface area (TPSA) is 98.0 Å². The zero-order valence-corrected chi connectivity index (χ0v) is 13.8. The molecule has 1 amide bonds. The van der Waals surface area contributed by atoms with Crippen molar-refractivity contribution >= 4 is 23.0 Å². The predicted octanol–water partition coefficient (Wildman–Crippen LogP) is 2.89. The molecule has 0 fully saturated rings. The van der Waals surface area contributed by atoms with Crippen LogP contribution in [-0.4, -0.2) is 26.8 Å². The first kappa shape index (κ1) is 16.0. The number of amides is 1. The second-order valence-corrected chi connectivity index (χ2v) is 6.20. The number of hydrogen-bond acceptors (Lipinski definition) is 7. The average Bonchev–Trinajstić information content (AvgIpc) is 3.25. The van der Waals surface area contributed by atoms with Crippen molar-refractivity contribution in [2.75, 3.05) is 0 Å². The number of carbonyl (C=O) groups is 2. The molecule has 0 bridgehead atoms. The second kappa shape index (κ2) is 6.71. The maximum Gasteiger partial charge on any atom is 0.262 e. The first-order chi connectivity index (χ1) is 11.5. The number of carbonyl (C=O) groups excluding carboxylic acids is 2. The minimum atomic E-state index is -0.460. The molecule has 0 aliphatic carbocycles. The zero-order valence-electron chi connectivity index (χ0n) is 13.0. The van der Waals surface area contributed by atoms with E-state index in [9.17, 15) is 9.59 Å². The first-order valence-corrected chi connectivity index (χ1v) is 8.02. The molecule has 0 saturated heterocycles. The van der Waals surface area contributed by atoms with Gasteiger partial charge < -0.3 is 9.84 Å². The number of hydrogen-bond donors (Lipinski definition) is 1. The van der Waals surface area contributed by atoms with Gasteiger partial charge in [0.2, 0.25) is 11.7 Å². The molecular weight excluding hydrogens is 328 g/mol. The monoisotopic (exact) mass is 342 g/mol. The summed E-state index contributed by atoms with van der Waals surface area (Å²) in [5.41, 5.74) is 0.732. The van der Waals surface area contributed by atoms with Crippen molar-refractivity contribution in [2.24, 2.45) is 0 Å². The molecule has 0 aliphatic rings. The normalized spacial score (nSPS) is 11.9. The summed E-state index contributed by atoms with van der Waals surface area (Å²) in [7, 11) is 0. The van der Waals surface area contributed by atoms with Gasteiger partial charge in [0.05, 0.1) is 9.75 Å². The maximum atomic E-state index is 12.2. The molecule has 1 unspecified atom stereocenters. The standard InChI is InChI=1S/C16H14N4O3S/c1-9(18-15(22)13-6-5-12(24-13)10(2)21)16-19-14(20-23-16)11-4-3-7-17-8-11/h3-9H,1-2H3,(H,18,22). The molecule has 3 rings (SSSR count). The van der Waals surface area contributed by atoms with E-state index in [-0.39, 0.29) is 11.7 Å². The van der Waals surface area contributed by atoms with Crippen LogP contribution in [0.5, 0.6) is 0 Å². The van der Waals surface area contributed by atoms with Gasteiger partial charge in [0.15, 0.2) is 5.78 Å². The number of Topliss-reactive ketones (excluding diaryl/α,β-unsaturated/α-hetero) is 1. The lowest BCUT2D eigenvalue weighted by atomic mass is 10.2.